The number of hydrogen-bond acceptors (Lipinski definition) is 2. The lowest BCUT2D eigenvalue weighted by molar-refractivity contribution is -0.137. The average molecular weight is 577 g/mol. The van der Waals surface area contributed by atoms with Crippen LogP contribution in [-0.4, -0.2) is 12.6 Å². The first kappa shape index (κ1) is 40.2. The Morgan fingerprint density at radius 2 is 0.634 bits per heavy atom. The molecule has 0 saturated carbocycles. The largest absolute Gasteiger partial charge is 0.463 e. The molecule has 2 nitrogen and oxygen atoms in total. The molecule has 0 fully saturated rings. The van der Waals surface area contributed by atoms with E-state index in [1.165, 1.54) is 198 Å². The summed E-state index contributed by atoms with van der Waals surface area (Å²) in [6.45, 7) is 6.96. The van der Waals surface area contributed by atoms with Crippen molar-refractivity contribution < 1.29 is 9.53 Å². The van der Waals surface area contributed by atoms with Crippen molar-refractivity contribution in [2.75, 3.05) is 6.61 Å². The van der Waals surface area contributed by atoms with Gasteiger partial charge in [0.25, 0.3) is 0 Å². The zero-order valence-corrected chi connectivity index (χ0v) is 28.7. The standard InChI is InChI=1S/C39H76O2/c1-4-7-9-11-13-15-17-19-21-23-25-27-29-31-33-35-38(37-39(40)41-6-3)36-34-32-30-28-26-24-22-20-18-16-14-12-10-8-5-2/h37H,4-36H2,1-3H3. The molecule has 0 bridgehead atoms. The number of carbonyl (C=O) groups excluding carboxylic acids is 1. The van der Waals surface area contributed by atoms with Gasteiger partial charge < -0.3 is 4.74 Å². The van der Waals surface area contributed by atoms with Crippen molar-refractivity contribution in [3.8, 4) is 0 Å². The molecule has 2 heteroatoms. The van der Waals surface area contributed by atoms with Crippen LogP contribution in [0.25, 0.3) is 0 Å². The van der Waals surface area contributed by atoms with Crippen molar-refractivity contribution in [1.82, 2.24) is 0 Å². The number of esters is 1. The van der Waals surface area contributed by atoms with Crippen molar-refractivity contribution >= 4 is 5.97 Å². The van der Waals surface area contributed by atoms with Gasteiger partial charge in [-0.25, -0.2) is 4.79 Å². The molecule has 0 radical (unpaired) electrons. The summed E-state index contributed by atoms with van der Waals surface area (Å²) in [5, 5.41) is 0. The number of carbonyl (C=O) groups is 1. The molecule has 0 N–H and O–H groups in total. The van der Waals surface area contributed by atoms with Crippen LogP contribution in [0.1, 0.15) is 226 Å². The Balaban J connectivity index is 3.71. The van der Waals surface area contributed by atoms with Crippen molar-refractivity contribution in [2.24, 2.45) is 0 Å². The fraction of sp³-hybridized carbons (Fsp3) is 0.923. The lowest BCUT2D eigenvalue weighted by Gasteiger charge is -2.09. The van der Waals surface area contributed by atoms with Crippen LogP contribution in [-0.2, 0) is 9.53 Å². The first-order valence-electron chi connectivity index (χ1n) is 19.1. The van der Waals surface area contributed by atoms with Gasteiger partial charge in [-0.05, 0) is 32.6 Å². The van der Waals surface area contributed by atoms with Gasteiger partial charge in [0.2, 0.25) is 0 Å². The molecule has 0 atom stereocenters. The molecule has 0 aliphatic rings. The fourth-order valence-corrected chi connectivity index (χ4v) is 6.07. The fourth-order valence-electron chi connectivity index (χ4n) is 6.07. The molecule has 244 valence electrons. The highest BCUT2D eigenvalue weighted by Crippen LogP contribution is 2.20. The summed E-state index contributed by atoms with van der Waals surface area (Å²) in [6, 6.07) is 0. The maximum absolute atomic E-state index is 12.1. The van der Waals surface area contributed by atoms with E-state index in [0.717, 1.165) is 12.8 Å². The summed E-state index contributed by atoms with van der Waals surface area (Å²) in [7, 11) is 0. The van der Waals surface area contributed by atoms with Crippen LogP contribution in [0.15, 0.2) is 11.6 Å². The molecule has 0 heterocycles. The molecular formula is C39H76O2. The number of ether oxygens (including phenoxy) is 1. The van der Waals surface area contributed by atoms with E-state index in [2.05, 4.69) is 13.8 Å². The van der Waals surface area contributed by atoms with E-state index in [0.29, 0.717) is 6.61 Å². The first-order valence-corrected chi connectivity index (χ1v) is 19.1. The quantitative estimate of drug-likeness (QED) is 0.0432. The highest BCUT2D eigenvalue weighted by molar-refractivity contribution is 5.82. The van der Waals surface area contributed by atoms with E-state index in [-0.39, 0.29) is 5.97 Å². The molecule has 0 aromatic heterocycles. The van der Waals surface area contributed by atoms with E-state index in [1.54, 1.807) is 0 Å². The zero-order chi connectivity index (χ0) is 29.9. The molecule has 0 aliphatic carbocycles. The van der Waals surface area contributed by atoms with Crippen molar-refractivity contribution in [1.29, 1.82) is 0 Å². The van der Waals surface area contributed by atoms with Crippen molar-refractivity contribution in [3.63, 3.8) is 0 Å². The average Bonchev–Trinajstić information content (AvgIpc) is 2.97. The normalized spacial score (nSPS) is 11.2. The van der Waals surface area contributed by atoms with Crippen LogP contribution in [0.2, 0.25) is 0 Å². The van der Waals surface area contributed by atoms with Gasteiger partial charge in [0.05, 0.1) is 6.61 Å². The number of rotatable bonds is 34. The van der Waals surface area contributed by atoms with Crippen molar-refractivity contribution in [3.05, 3.63) is 11.6 Å². The van der Waals surface area contributed by atoms with E-state index >= 15 is 0 Å². The lowest BCUT2D eigenvalue weighted by Crippen LogP contribution is -2.01. The Morgan fingerprint density at radius 3 is 0.878 bits per heavy atom. The second-order valence-electron chi connectivity index (χ2n) is 13.0. The Hall–Kier alpha value is -0.790. The molecule has 0 amide bonds. The smallest absolute Gasteiger partial charge is 0.330 e. The summed E-state index contributed by atoms with van der Waals surface area (Å²) in [6.07, 6.45) is 45.9. The van der Waals surface area contributed by atoms with Crippen molar-refractivity contribution in [2.45, 2.75) is 226 Å². The predicted octanol–water partition coefficient (Wildman–Crippen LogP) is 14.0. The van der Waals surface area contributed by atoms with Crippen LogP contribution >= 0.6 is 0 Å². The van der Waals surface area contributed by atoms with Gasteiger partial charge in [-0.1, -0.05) is 199 Å². The molecule has 0 unspecified atom stereocenters. The van der Waals surface area contributed by atoms with Crippen LogP contribution in [0, 0.1) is 0 Å². The van der Waals surface area contributed by atoms with Crippen LogP contribution in [0.5, 0.6) is 0 Å². The summed E-state index contributed by atoms with van der Waals surface area (Å²) in [5.41, 5.74) is 1.33. The summed E-state index contributed by atoms with van der Waals surface area (Å²) >= 11 is 0. The van der Waals surface area contributed by atoms with E-state index < -0.39 is 0 Å². The van der Waals surface area contributed by atoms with Gasteiger partial charge in [0.1, 0.15) is 0 Å². The highest BCUT2D eigenvalue weighted by atomic mass is 16.5. The van der Waals surface area contributed by atoms with E-state index in [9.17, 15) is 4.79 Å². The third-order valence-corrected chi connectivity index (χ3v) is 8.81. The van der Waals surface area contributed by atoms with Gasteiger partial charge in [-0.15, -0.1) is 0 Å². The molecular weight excluding hydrogens is 500 g/mol. The van der Waals surface area contributed by atoms with Crippen LogP contribution in [0.4, 0.5) is 0 Å². The minimum absolute atomic E-state index is 0.135. The Morgan fingerprint density at radius 1 is 0.390 bits per heavy atom. The molecule has 0 aliphatic heterocycles. The van der Waals surface area contributed by atoms with Gasteiger partial charge in [-0.2, -0.15) is 0 Å². The molecule has 41 heavy (non-hydrogen) atoms. The highest BCUT2D eigenvalue weighted by Gasteiger charge is 2.04. The van der Waals surface area contributed by atoms with Gasteiger partial charge in [-0.3, -0.25) is 0 Å². The monoisotopic (exact) mass is 577 g/mol. The first-order chi connectivity index (χ1) is 20.2. The Kier molecular flexibility index (Phi) is 34.7. The molecule has 0 rings (SSSR count). The molecule has 0 saturated heterocycles. The second-order valence-corrected chi connectivity index (χ2v) is 13.0. The molecule has 0 aromatic rings. The number of unbranched alkanes of at least 4 members (excludes halogenated alkanes) is 28. The molecule has 0 aromatic carbocycles. The maximum atomic E-state index is 12.1. The SMILES string of the molecule is CCCCCCCCCCCCCCCCCC(=CC(=O)OCC)CCCCCCCCCCCCCCCCC. The Labute approximate surface area is 259 Å². The topological polar surface area (TPSA) is 26.3 Å². The van der Waals surface area contributed by atoms with Gasteiger partial charge in [0.15, 0.2) is 0 Å². The van der Waals surface area contributed by atoms with Crippen LogP contribution < -0.4 is 0 Å². The summed E-state index contributed by atoms with van der Waals surface area (Å²) in [5.74, 6) is -0.135. The summed E-state index contributed by atoms with van der Waals surface area (Å²) < 4.78 is 5.21. The van der Waals surface area contributed by atoms with Crippen LogP contribution in [0.3, 0.4) is 0 Å². The second kappa shape index (κ2) is 35.4. The minimum Gasteiger partial charge on any atom is -0.463 e. The number of allylic oxidation sites excluding steroid dienone is 1. The predicted molar refractivity (Wildman–Crippen MR) is 184 cm³/mol. The summed E-state index contributed by atoms with van der Waals surface area (Å²) in [4.78, 5) is 12.1. The minimum atomic E-state index is -0.135. The Bertz CT molecular complexity index is 502. The van der Waals surface area contributed by atoms with E-state index in [4.69, 9.17) is 4.74 Å². The van der Waals surface area contributed by atoms with Gasteiger partial charge >= 0.3 is 5.97 Å². The number of hydrogen-bond donors (Lipinski definition) is 0. The van der Waals surface area contributed by atoms with Gasteiger partial charge in [0, 0.05) is 6.08 Å². The third-order valence-electron chi connectivity index (χ3n) is 8.81. The third kappa shape index (κ3) is 33.6. The molecule has 0 spiro atoms. The van der Waals surface area contributed by atoms with E-state index in [1.807, 2.05) is 13.0 Å². The lowest BCUT2D eigenvalue weighted by atomic mass is 9.98. The maximum Gasteiger partial charge on any atom is 0.330 e. The zero-order valence-electron chi connectivity index (χ0n) is 28.7.